The number of thiazole rings is 1. The Kier molecular flexibility index (Phi) is 5.27. The minimum Gasteiger partial charge on any atom is -0.466 e. The normalized spacial score (nSPS) is 16.1. The summed E-state index contributed by atoms with van der Waals surface area (Å²) in [5.74, 6) is 2.49. The number of nitrogens with one attached hydrogen (secondary N) is 1. The van der Waals surface area contributed by atoms with Crippen LogP contribution >= 0.6 is 11.3 Å². The highest BCUT2D eigenvalue weighted by atomic mass is 32.1. The Labute approximate surface area is 163 Å². The van der Waals surface area contributed by atoms with Crippen molar-refractivity contribution in [1.82, 2.24) is 15.2 Å². The maximum atomic E-state index is 12.4. The van der Waals surface area contributed by atoms with Crippen molar-refractivity contribution < 1.29 is 9.21 Å². The Morgan fingerprint density at radius 1 is 1.30 bits per heavy atom. The zero-order chi connectivity index (χ0) is 18.8. The van der Waals surface area contributed by atoms with Crippen LogP contribution in [0.15, 0.2) is 34.7 Å². The fourth-order valence-electron chi connectivity index (χ4n) is 3.71. The zero-order valence-electron chi connectivity index (χ0n) is 15.8. The van der Waals surface area contributed by atoms with Gasteiger partial charge in [0.05, 0.1) is 10.2 Å². The highest BCUT2D eigenvalue weighted by molar-refractivity contribution is 7.20. The number of hydrogen-bond acceptors (Lipinski definition) is 5. The smallest absolute Gasteiger partial charge is 0.280 e. The quantitative estimate of drug-likeness (QED) is 0.719. The molecule has 0 aliphatic carbocycles. The van der Waals surface area contributed by atoms with Gasteiger partial charge in [-0.2, -0.15) is 0 Å². The van der Waals surface area contributed by atoms with Crippen molar-refractivity contribution in [2.24, 2.45) is 5.92 Å². The van der Waals surface area contributed by atoms with E-state index in [0.717, 1.165) is 60.8 Å². The van der Waals surface area contributed by atoms with E-state index in [0.29, 0.717) is 10.9 Å². The van der Waals surface area contributed by atoms with Crippen LogP contribution in [0.5, 0.6) is 0 Å². The number of carbonyl (C=O) groups is 1. The number of amides is 1. The van der Waals surface area contributed by atoms with Crippen LogP contribution in [0.2, 0.25) is 0 Å². The van der Waals surface area contributed by atoms with Crippen LogP contribution in [-0.2, 0) is 6.54 Å². The van der Waals surface area contributed by atoms with Crippen molar-refractivity contribution in [2.75, 3.05) is 19.6 Å². The van der Waals surface area contributed by atoms with Crippen LogP contribution in [0.1, 0.15) is 39.7 Å². The van der Waals surface area contributed by atoms with Gasteiger partial charge >= 0.3 is 0 Å². The molecule has 0 bridgehead atoms. The zero-order valence-corrected chi connectivity index (χ0v) is 16.6. The minimum absolute atomic E-state index is 0.0527. The Hall–Kier alpha value is -2.18. The van der Waals surface area contributed by atoms with Gasteiger partial charge in [-0.05, 0) is 63.9 Å². The van der Waals surface area contributed by atoms with Crippen molar-refractivity contribution in [1.29, 1.82) is 0 Å². The summed E-state index contributed by atoms with van der Waals surface area (Å²) in [6, 6.07) is 10.0. The molecule has 1 amide bonds. The van der Waals surface area contributed by atoms with E-state index in [-0.39, 0.29) is 5.91 Å². The topological polar surface area (TPSA) is 58.4 Å². The lowest BCUT2D eigenvalue weighted by atomic mass is 9.96. The monoisotopic (exact) mass is 383 g/mol. The fourth-order valence-corrected chi connectivity index (χ4v) is 4.59. The number of para-hydroxylation sites is 1. The molecule has 0 saturated carbocycles. The highest BCUT2D eigenvalue weighted by Crippen LogP contribution is 2.23. The first kappa shape index (κ1) is 18.2. The van der Waals surface area contributed by atoms with Gasteiger partial charge in [-0.15, -0.1) is 11.3 Å². The molecule has 1 aliphatic rings. The van der Waals surface area contributed by atoms with Crippen LogP contribution in [0.25, 0.3) is 10.2 Å². The molecule has 1 fully saturated rings. The number of aryl methyl sites for hydroxylation is 2. The van der Waals surface area contributed by atoms with Crippen LogP contribution < -0.4 is 5.32 Å². The van der Waals surface area contributed by atoms with Crippen molar-refractivity contribution >= 4 is 27.5 Å². The van der Waals surface area contributed by atoms with Gasteiger partial charge in [-0.1, -0.05) is 12.1 Å². The molecule has 0 unspecified atom stereocenters. The van der Waals surface area contributed by atoms with Gasteiger partial charge in [0.1, 0.15) is 11.5 Å². The lowest BCUT2D eigenvalue weighted by molar-refractivity contribution is 0.0935. The van der Waals surface area contributed by atoms with Crippen LogP contribution in [-0.4, -0.2) is 35.4 Å². The van der Waals surface area contributed by atoms with Crippen molar-refractivity contribution in [3.63, 3.8) is 0 Å². The van der Waals surface area contributed by atoms with Gasteiger partial charge in [0.15, 0.2) is 5.01 Å². The fraction of sp³-hybridized carbons (Fsp3) is 0.429. The summed E-state index contributed by atoms with van der Waals surface area (Å²) in [6.07, 6.45) is 2.21. The SMILES string of the molecule is Cc1cc(CN2CCC(CNC(=O)c3nc4ccccc4s3)CC2)c(C)o1. The van der Waals surface area contributed by atoms with E-state index in [9.17, 15) is 4.79 Å². The number of fused-ring (bicyclic) bond motifs is 1. The van der Waals surface area contributed by atoms with Crippen LogP contribution in [0, 0.1) is 19.8 Å². The molecule has 1 N–H and O–H groups in total. The molecule has 4 rings (SSSR count). The van der Waals surface area contributed by atoms with Gasteiger partial charge in [0, 0.05) is 18.7 Å². The molecule has 6 heteroatoms. The first-order chi connectivity index (χ1) is 13.1. The molecule has 0 atom stereocenters. The Bertz CT molecular complexity index is 905. The molecule has 2 aromatic heterocycles. The Morgan fingerprint density at radius 3 is 2.78 bits per heavy atom. The first-order valence-corrected chi connectivity index (χ1v) is 10.3. The molecule has 3 aromatic rings. The molecule has 27 heavy (non-hydrogen) atoms. The van der Waals surface area contributed by atoms with E-state index in [2.05, 4.69) is 21.3 Å². The number of hydrogen-bond donors (Lipinski definition) is 1. The van der Waals surface area contributed by atoms with Gasteiger partial charge in [0.25, 0.3) is 5.91 Å². The number of carbonyl (C=O) groups excluding carboxylic acids is 1. The standard InChI is InChI=1S/C21H25N3O2S/c1-14-11-17(15(2)26-14)13-24-9-7-16(8-10-24)12-22-20(25)21-23-18-5-3-4-6-19(18)27-21/h3-6,11,16H,7-10,12-13H2,1-2H3,(H,22,25). The van der Waals surface area contributed by atoms with E-state index < -0.39 is 0 Å². The summed E-state index contributed by atoms with van der Waals surface area (Å²) < 4.78 is 6.68. The molecule has 1 aromatic carbocycles. The maximum absolute atomic E-state index is 12.4. The number of furan rings is 1. The van der Waals surface area contributed by atoms with E-state index in [1.54, 1.807) is 0 Å². The van der Waals surface area contributed by atoms with Crippen molar-refractivity contribution in [3.05, 3.63) is 52.4 Å². The molecule has 5 nitrogen and oxygen atoms in total. The largest absolute Gasteiger partial charge is 0.466 e. The van der Waals surface area contributed by atoms with Gasteiger partial charge in [-0.3, -0.25) is 9.69 Å². The predicted molar refractivity (Wildman–Crippen MR) is 108 cm³/mol. The lowest BCUT2D eigenvalue weighted by Gasteiger charge is -2.31. The summed E-state index contributed by atoms with van der Waals surface area (Å²) in [6.45, 7) is 7.83. The summed E-state index contributed by atoms with van der Waals surface area (Å²) >= 11 is 1.46. The first-order valence-electron chi connectivity index (χ1n) is 9.50. The van der Waals surface area contributed by atoms with Crippen molar-refractivity contribution in [2.45, 2.75) is 33.2 Å². The number of likely N-dealkylation sites (tertiary alicyclic amines) is 1. The number of aromatic nitrogens is 1. The van der Waals surface area contributed by atoms with Gasteiger partial charge in [0.2, 0.25) is 0 Å². The summed E-state index contributed by atoms with van der Waals surface area (Å²) in [7, 11) is 0. The number of benzene rings is 1. The third-order valence-electron chi connectivity index (χ3n) is 5.28. The molecular weight excluding hydrogens is 358 g/mol. The molecule has 3 heterocycles. The van der Waals surface area contributed by atoms with E-state index in [1.165, 1.54) is 16.9 Å². The predicted octanol–water partition coefficient (Wildman–Crippen LogP) is 4.15. The van der Waals surface area contributed by atoms with E-state index >= 15 is 0 Å². The van der Waals surface area contributed by atoms with Gasteiger partial charge in [-0.25, -0.2) is 4.98 Å². The van der Waals surface area contributed by atoms with E-state index in [4.69, 9.17) is 4.42 Å². The van der Waals surface area contributed by atoms with Crippen LogP contribution in [0.4, 0.5) is 0 Å². The lowest BCUT2D eigenvalue weighted by Crippen LogP contribution is -2.38. The number of nitrogens with zero attached hydrogens (tertiary/aromatic N) is 2. The second-order valence-corrected chi connectivity index (χ2v) is 8.39. The molecular formula is C21H25N3O2S. The van der Waals surface area contributed by atoms with E-state index in [1.807, 2.05) is 38.1 Å². The third-order valence-corrected chi connectivity index (χ3v) is 6.32. The Morgan fingerprint density at radius 2 is 2.07 bits per heavy atom. The molecule has 1 saturated heterocycles. The van der Waals surface area contributed by atoms with Crippen molar-refractivity contribution in [3.8, 4) is 0 Å². The number of rotatable bonds is 5. The average molecular weight is 384 g/mol. The molecule has 0 radical (unpaired) electrons. The average Bonchev–Trinajstić information content (AvgIpc) is 3.23. The molecule has 1 aliphatic heterocycles. The number of piperidine rings is 1. The summed E-state index contributed by atoms with van der Waals surface area (Å²) in [5, 5.41) is 3.64. The summed E-state index contributed by atoms with van der Waals surface area (Å²) in [5.41, 5.74) is 2.18. The van der Waals surface area contributed by atoms with Crippen LogP contribution in [0.3, 0.4) is 0 Å². The Balaban J connectivity index is 1.25. The van der Waals surface area contributed by atoms with Gasteiger partial charge < -0.3 is 9.73 Å². The molecule has 0 spiro atoms. The second kappa shape index (κ2) is 7.82. The highest BCUT2D eigenvalue weighted by Gasteiger charge is 2.21. The third kappa shape index (κ3) is 4.22. The summed E-state index contributed by atoms with van der Waals surface area (Å²) in [4.78, 5) is 19.3. The second-order valence-electron chi connectivity index (χ2n) is 7.35. The molecule has 142 valence electrons. The maximum Gasteiger partial charge on any atom is 0.280 e. The minimum atomic E-state index is -0.0527.